The van der Waals surface area contributed by atoms with Crippen molar-refractivity contribution in [3.05, 3.63) is 62.7 Å². The Hall–Kier alpha value is -8.78. The van der Waals surface area contributed by atoms with E-state index in [4.69, 9.17) is 0 Å². The van der Waals surface area contributed by atoms with Crippen LogP contribution in [-0.4, -0.2) is 14.1 Å². The first-order chi connectivity index (χ1) is 46.4. The summed E-state index contributed by atoms with van der Waals surface area (Å²) in [6.07, 6.45) is 9.95. The summed E-state index contributed by atoms with van der Waals surface area (Å²) in [5, 5.41) is 94.0. The SMILES string of the molecule is CN(C)c1ccc2c(c1)[C@H]1C[C@@H]2[C@H]2[C@@H]1[C@]1(C)[C@H]3[C@H]4C[C@H]([C@H]5[C@@H]4[C@H]4CC[C@@H]5C5=C(C4)CC46c7c8c9c%10c%11c%12c(c%13c%14c4c4c7c7c%15c8c8c9c9c%11c%11c%16c%12c%12c%13c%13c%14c%14c4c4c7c7c%15c%15c8c8c9c%11c9c%11c%16c%12c%12c%13c%13c%14c4c4c7c7c%15c8c9c8c%11c%12c%13c4c78)C%106C5)[C@H]3[C@]21C. The molecule has 29 aromatic carbocycles. The van der Waals surface area contributed by atoms with Crippen LogP contribution in [0, 0.1) is 70.0 Å². The van der Waals surface area contributed by atoms with Crippen LogP contribution >= 0.6 is 0 Å². The smallest absolute Gasteiger partial charge is 0.0406 e. The van der Waals surface area contributed by atoms with E-state index in [2.05, 4.69) is 56.6 Å². The van der Waals surface area contributed by atoms with Crippen LogP contribution in [0.1, 0.15) is 104 Å². The summed E-state index contributed by atoms with van der Waals surface area (Å²) in [6, 6.07) is 7.78. The van der Waals surface area contributed by atoms with Crippen molar-refractivity contribution in [3.8, 4) is 0 Å². The Morgan fingerprint density at radius 3 is 0.957 bits per heavy atom. The largest absolute Gasteiger partial charge is 0.378 e. The molecule has 0 radical (unpaired) electrons. The fourth-order valence-electron chi connectivity index (χ4n) is 39.2. The summed E-state index contributed by atoms with van der Waals surface area (Å²) in [5.74, 6) is 10.5. The van der Waals surface area contributed by atoms with Gasteiger partial charge in [-0.3, -0.25) is 0 Å². The van der Waals surface area contributed by atoms with E-state index in [1.165, 1.54) is 44.2 Å². The summed E-state index contributed by atoms with van der Waals surface area (Å²) >= 11 is 0. The fraction of sp³-hybridized carbons (Fsp3) is 0.290. The zero-order valence-corrected chi connectivity index (χ0v) is 51.6. The number of hydrogen-bond acceptors (Lipinski definition) is 1. The highest BCUT2D eigenvalue weighted by Crippen LogP contribution is 2.97. The molecule has 29 aromatic rings. The van der Waals surface area contributed by atoms with Crippen molar-refractivity contribution >= 4 is 297 Å². The lowest BCUT2D eigenvalue weighted by molar-refractivity contribution is -0.373. The third-order valence-electron chi connectivity index (χ3n) is 39.3. The van der Waals surface area contributed by atoms with Gasteiger partial charge in [0.25, 0.3) is 0 Å². The molecule has 43 rings (SSSR count). The molecule has 0 aromatic heterocycles. The van der Waals surface area contributed by atoms with Gasteiger partial charge in [-0.1, -0.05) is 31.1 Å². The zero-order valence-electron chi connectivity index (χ0n) is 51.6. The highest BCUT2D eigenvalue weighted by atomic mass is 15.1. The van der Waals surface area contributed by atoms with Gasteiger partial charge in [-0.05, 0) is 463 Å². The molecule has 14 aliphatic carbocycles. The lowest BCUT2D eigenvalue weighted by Crippen LogP contribution is -2.81. The minimum Gasteiger partial charge on any atom is -0.378 e. The molecule has 14 aliphatic rings. The average molecular weight is 1170 g/mol. The number of nitrogens with zero attached hydrogens (tertiary/aromatic N) is 1. The van der Waals surface area contributed by atoms with Gasteiger partial charge in [0.2, 0.25) is 0 Å². The summed E-state index contributed by atoms with van der Waals surface area (Å²) in [4.78, 5) is 2.38. The molecule has 1 nitrogen and oxygen atoms in total. The minimum atomic E-state index is -0.152. The van der Waals surface area contributed by atoms with E-state index in [9.17, 15) is 0 Å². The second-order valence-electron chi connectivity index (χ2n) is 38.7. The van der Waals surface area contributed by atoms with Gasteiger partial charge in [-0.2, -0.15) is 0 Å². The van der Waals surface area contributed by atoms with Crippen LogP contribution in [-0.2, 0) is 10.8 Å². The molecule has 6 bridgehead atoms. The van der Waals surface area contributed by atoms with Gasteiger partial charge in [0.15, 0.2) is 0 Å². The molecular formula is C93H41N. The van der Waals surface area contributed by atoms with E-state index in [-0.39, 0.29) is 10.8 Å². The molecule has 418 valence electrons. The summed E-state index contributed by atoms with van der Waals surface area (Å²) in [5.41, 5.74) is 17.5. The molecule has 0 heterocycles. The topological polar surface area (TPSA) is 3.24 Å². The predicted octanol–water partition coefficient (Wildman–Crippen LogP) is 23.6. The fourth-order valence-corrected chi connectivity index (χ4v) is 39.2. The van der Waals surface area contributed by atoms with Crippen molar-refractivity contribution in [2.75, 3.05) is 19.0 Å². The van der Waals surface area contributed by atoms with Gasteiger partial charge in [-0.15, -0.1) is 0 Å². The Kier molecular flexibility index (Phi) is 3.73. The first kappa shape index (κ1) is 38.6. The second-order valence-corrected chi connectivity index (χ2v) is 38.7. The molecule has 1 heteroatoms. The molecule has 6 fully saturated rings. The summed E-state index contributed by atoms with van der Waals surface area (Å²) in [7, 11) is 4.53. The van der Waals surface area contributed by atoms with Crippen molar-refractivity contribution in [1.29, 1.82) is 0 Å². The quantitative estimate of drug-likeness (QED) is 0.0899. The number of hydrogen-bond donors (Lipinski definition) is 0. The molecular weight excluding hydrogens is 1130 g/mol. The highest BCUT2D eigenvalue weighted by molar-refractivity contribution is 6.82. The number of fused-ring (bicyclic) bond motifs is 19. The molecule has 0 N–H and O–H groups in total. The minimum absolute atomic E-state index is 0.146. The van der Waals surface area contributed by atoms with Crippen LogP contribution in [0.4, 0.5) is 5.69 Å². The van der Waals surface area contributed by atoms with Crippen LogP contribution in [0.2, 0.25) is 0 Å². The maximum absolute atomic E-state index is 2.96. The van der Waals surface area contributed by atoms with Crippen molar-refractivity contribution in [2.45, 2.75) is 81.5 Å². The Bertz CT molecular complexity index is 8580. The summed E-state index contributed by atoms with van der Waals surface area (Å²) < 4.78 is 0. The van der Waals surface area contributed by atoms with Gasteiger partial charge in [0, 0.05) is 30.6 Å². The summed E-state index contributed by atoms with van der Waals surface area (Å²) in [6.45, 7) is 5.91. The molecule has 0 saturated heterocycles. The van der Waals surface area contributed by atoms with E-state index >= 15 is 0 Å². The third kappa shape index (κ3) is 2.24. The van der Waals surface area contributed by atoms with E-state index in [1.54, 1.807) is 265 Å². The zero-order chi connectivity index (χ0) is 56.9. The highest BCUT2D eigenvalue weighted by Gasteiger charge is 2.90. The maximum atomic E-state index is 2.96. The Morgan fingerprint density at radius 1 is 0.309 bits per heavy atom. The second kappa shape index (κ2) is 9.10. The molecule has 0 aliphatic heterocycles. The first-order valence-electron chi connectivity index (χ1n) is 37.7. The van der Waals surface area contributed by atoms with E-state index in [1.807, 2.05) is 70.9 Å². The lowest BCUT2D eigenvalue weighted by atomic mass is 9.19. The van der Waals surface area contributed by atoms with Crippen molar-refractivity contribution in [3.63, 3.8) is 0 Å². The van der Waals surface area contributed by atoms with Crippen LogP contribution in [0.25, 0.3) is 291 Å². The van der Waals surface area contributed by atoms with Crippen LogP contribution in [0.5, 0.6) is 0 Å². The molecule has 14 atom stereocenters. The molecule has 6 saturated carbocycles. The van der Waals surface area contributed by atoms with Crippen LogP contribution in [0.3, 0.4) is 0 Å². The van der Waals surface area contributed by atoms with Gasteiger partial charge >= 0.3 is 0 Å². The van der Waals surface area contributed by atoms with Crippen LogP contribution in [0.15, 0.2) is 29.3 Å². The number of anilines is 1. The normalized spacial score (nSPS) is 36.8. The predicted molar refractivity (Wildman–Crippen MR) is 391 cm³/mol. The maximum Gasteiger partial charge on any atom is 0.0406 e. The molecule has 2 spiro atoms. The Balaban J connectivity index is 0.719. The van der Waals surface area contributed by atoms with E-state index in [0.717, 1.165) is 71.0 Å². The molecule has 0 amide bonds. The molecule has 94 heavy (non-hydrogen) atoms. The number of benzene rings is 19. The van der Waals surface area contributed by atoms with Gasteiger partial charge in [0.05, 0.1) is 0 Å². The lowest BCUT2D eigenvalue weighted by Gasteiger charge is -2.85. The van der Waals surface area contributed by atoms with Gasteiger partial charge < -0.3 is 4.90 Å². The number of rotatable bonds is 1. The van der Waals surface area contributed by atoms with Gasteiger partial charge in [0.1, 0.15) is 0 Å². The van der Waals surface area contributed by atoms with E-state index < -0.39 is 0 Å². The molecule has 0 unspecified atom stereocenters. The van der Waals surface area contributed by atoms with E-state index in [0.29, 0.717) is 10.8 Å². The monoisotopic (exact) mass is 1170 g/mol. The average Bonchev–Trinajstić information content (AvgIpc) is 1.38. The Morgan fingerprint density at radius 2 is 0.617 bits per heavy atom. The van der Waals surface area contributed by atoms with Gasteiger partial charge in [-0.25, -0.2) is 0 Å². The standard InChI is InChI=1S/C93H41N/c1-90-82-21-11-22(20-10-17(94(3)4)6-8-18(20)21)83(82)91(90,2)84-23-12-24(85(84)90)27-19-7-5-15(26(23)27)9-16-13-92-86-74-66-56-46-38-30-28-29-32-36-34(30)42-50-44(36)54-48-40(32)41-33(29)37-35-31(28)39(38)47-53-43(35)51-45(37)55-49(41)59-58(48)68-62(54)72-64(50)70(60(66)52(42)46)76(86)80(72)88-78(68)79-69(59)63(55)73-65(51)71-61(53)67(57(47)56)75(74)87(92)77(71)81(73)89(79)93(88,92)14-25(16)19/h6,8,10,15,19,21-24,26-27,82-85H,5,7,9,11-14H2,1-4H3/t15-,19+,21-,22+,23-,24+,26+,27-,82-,83+,84-,85+,90-,91+,92?,93?/m0/s1. The van der Waals surface area contributed by atoms with Crippen molar-refractivity contribution < 1.29 is 0 Å². The Labute approximate surface area is 526 Å². The third-order valence-corrected chi connectivity index (χ3v) is 39.3. The number of allylic oxidation sites excluding steroid dienone is 2. The first-order valence-corrected chi connectivity index (χ1v) is 37.7. The van der Waals surface area contributed by atoms with Crippen molar-refractivity contribution in [2.24, 2.45) is 70.0 Å². The van der Waals surface area contributed by atoms with Crippen molar-refractivity contribution in [1.82, 2.24) is 0 Å². The van der Waals surface area contributed by atoms with Crippen LogP contribution < -0.4 is 4.90 Å².